The summed E-state index contributed by atoms with van der Waals surface area (Å²) in [6.07, 6.45) is -5.99. The second-order valence-corrected chi connectivity index (χ2v) is 8.02. The van der Waals surface area contributed by atoms with Crippen LogP contribution in [0.1, 0.15) is 47.6 Å². The van der Waals surface area contributed by atoms with Crippen molar-refractivity contribution in [3.05, 3.63) is 70.3 Å². The summed E-state index contributed by atoms with van der Waals surface area (Å²) in [5.41, 5.74) is 3.29. The third kappa shape index (κ3) is 4.12. The molecule has 0 unspecified atom stereocenters. The molecule has 30 heavy (non-hydrogen) atoms. The molecular weight excluding hydrogens is 386 g/mol. The van der Waals surface area contributed by atoms with Crippen LogP contribution in [0.4, 0.5) is 0 Å². The van der Waals surface area contributed by atoms with Crippen LogP contribution < -0.4 is 0 Å². The van der Waals surface area contributed by atoms with Gasteiger partial charge in [0.1, 0.15) is 24.4 Å². The number of ether oxygens (including phenoxy) is 1. The molecule has 1 heterocycles. The molecule has 3 rings (SSSR count). The highest BCUT2D eigenvalue weighted by atomic mass is 16.7. The molecule has 0 aromatic heterocycles. The molecule has 2 aromatic rings. The molecular formula is C23H27NO6. The fourth-order valence-electron chi connectivity index (χ4n) is 3.70. The van der Waals surface area contributed by atoms with E-state index >= 15 is 0 Å². The summed E-state index contributed by atoms with van der Waals surface area (Å²) in [4.78, 5) is 0. The minimum absolute atomic E-state index is 0.118. The first-order chi connectivity index (χ1) is 14.2. The van der Waals surface area contributed by atoms with Crippen molar-refractivity contribution < 1.29 is 30.3 Å². The van der Waals surface area contributed by atoms with E-state index in [2.05, 4.69) is 19.9 Å². The zero-order chi connectivity index (χ0) is 22.1. The summed E-state index contributed by atoms with van der Waals surface area (Å²) in [6.45, 7) is 3.56. The maximum Gasteiger partial charge on any atom is 0.222 e. The van der Waals surface area contributed by atoms with Crippen molar-refractivity contribution >= 4 is 0 Å². The van der Waals surface area contributed by atoms with Gasteiger partial charge in [0.25, 0.3) is 0 Å². The van der Waals surface area contributed by atoms with Gasteiger partial charge in [-0.05, 0) is 41.2 Å². The Morgan fingerprint density at radius 1 is 1.07 bits per heavy atom. The molecule has 0 saturated carbocycles. The van der Waals surface area contributed by atoms with Crippen LogP contribution in [-0.2, 0) is 16.9 Å². The van der Waals surface area contributed by atoms with Crippen molar-refractivity contribution in [1.82, 2.24) is 0 Å². The van der Waals surface area contributed by atoms with Gasteiger partial charge in [-0.25, -0.2) is 0 Å². The molecule has 5 atom stereocenters. The molecule has 2 aromatic carbocycles. The Bertz CT molecular complexity index is 920. The van der Waals surface area contributed by atoms with Gasteiger partial charge in [-0.2, -0.15) is 5.26 Å². The fraction of sp³-hybridized carbons (Fsp3) is 0.435. The maximum absolute atomic E-state index is 11.0. The first kappa shape index (κ1) is 22.4. The molecule has 1 fully saturated rings. The highest BCUT2D eigenvalue weighted by molar-refractivity contribution is 5.44. The number of rotatable bonds is 5. The standard InChI is InChI=1S/C23H27NO6/c1-13(2)15-5-3-14(4-6-15)9-17-10-18(8-7-16(17)11-24)23(29)22(28)21(27)20(26)19(12-25)30-23/h3-8,10,13,19-22,25-29H,9,12H2,1-2H3/t19-,20-,21+,22-,23+/m1/s1. The number of aliphatic hydroxyl groups excluding tert-OH is 4. The largest absolute Gasteiger partial charge is 0.394 e. The van der Waals surface area contributed by atoms with Crippen LogP contribution >= 0.6 is 0 Å². The van der Waals surface area contributed by atoms with Gasteiger partial charge < -0.3 is 30.3 Å². The number of hydrogen-bond donors (Lipinski definition) is 5. The fourth-order valence-corrected chi connectivity index (χ4v) is 3.70. The molecule has 1 aliphatic heterocycles. The van der Waals surface area contributed by atoms with Crippen molar-refractivity contribution in [3.63, 3.8) is 0 Å². The maximum atomic E-state index is 11.0. The highest BCUT2D eigenvalue weighted by Gasteiger charge is 2.53. The predicted molar refractivity (Wildman–Crippen MR) is 108 cm³/mol. The van der Waals surface area contributed by atoms with Gasteiger partial charge >= 0.3 is 0 Å². The van der Waals surface area contributed by atoms with E-state index in [9.17, 15) is 30.8 Å². The van der Waals surface area contributed by atoms with Gasteiger partial charge in [0.15, 0.2) is 0 Å². The van der Waals surface area contributed by atoms with Crippen LogP contribution in [0.25, 0.3) is 0 Å². The number of hydrogen-bond acceptors (Lipinski definition) is 7. The molecule has 1 aliphatic rings. The number of nitrogens with zero attached hydrogens (tertiary/aromatic N) is 1. The molecule has 0 aliphatic carbocycles. The van der Waals surface area contributed by atoms with E-state index in [1.54, 1.807) is 0 Å². The lowest BCUT2D eigenvalue weighted by molar-refractivity contribution is -0.357. The normalized spacial score (nSPS) is 29.0. The molecule has 5 N–H and O–H groups in total. The lowest BCUT2D eigenvalue weighted by atomic mass is 9.86. The summed E-state index contributed by atoms with van der Waals surface area (Å²) < 4.78 is 5.39. The average Bonchev–Trinajstić information content (AvgIpc) is 2.75. The average molecular weight is 413 g/mol. The number of nitriles is 1. The van der Waals surface area contributed by atoms with Gasteiger partial charge in [-0.3, -0.25) is 0 Å². The number of aliphatic hydroxyl groups is 5. The molecule has 0 radical (unpaired) electrons. The van der Waals surface area contributed by atoms with Crippen LogP contribution in [0.5, 0.6) is 0 Å². The van der Waals surface area contributed by atoms with E-state index in [1.165, 1.54) is 23.8 Å². The minimum Gasteiger partial charge on any atom is -0.394 e. The Labute approximate surface area is 175 Å². The van der Waals surface area contributed by atoms with E-state index in [0.29, 0.717) is 23.5 Å². The lowest BCUT2D eigenvalue weighted by Gasteiger charge is -2.45. The van der Waals surface area contributed by atoms with Crippen LogP contribution in [-0.4, -0.2) is 56.6 Å². The Kier molecular flexibility index (Phi) is 6.58. The van der Waals surface area contributed by atoms with E-state index in [0.717, 1.165) is 5.56 Å². The topological polar surface area (TPSA) is 134 Å². The van der Waals surface area contributed by atoms with Crippen LogP contribution in [0, 0.1) is 11.3 Å². The summed E-state index contributed by atoms with van der Waals surface area (Å²) in [5, 5.41) is 60.3. The molecule has 0 amide bonds. The van der Waals surface area contributed by atoms with Crippen molar-refractivity contribution in [3.8, 4) is 6.07 Å². The Morgan fingerprint density at radius 3 is 2.30 bits per heavy atom. The lowest BCUT2D eigenvalue weighted by Crippen LogP contribution is -2.63. The summed E-state index contributed by atoms with van der Waals surface area (Å²) in [7, 11) is 0. The third-order valence-corrected chi connectivity index (χ3v) is 5.65. The van der Waals surface area contributed by atoms with Gasteiger partial charge in [0, 0.05) is 5.56 Å². The van der Waals surface area contributed by atoms with E-state index in [4.69, 9.17) is 4.74 Å². The van der Waals surface area contributed by atoms with Crippen LogP contribution in [0.15, 0.2) is 42.5 Å². The van der Waals surface area contributed by atoms with Gasteiger partial charge in [-0.1, -0.05) is 44.2 Å². The second-order valence-electron chi connectivity index (χ2n) is 8.02. The summed E-state index contributed by atoms with van der Waals surface area (Å²) >= 11 is 0. The zero-order valence-corrected chi connectivity index (χ0v) is 16.9. The predicted octanol–water partition coefficient (Wildman–Crippen LogP) is 0.891. The Balaban J connectivity index is 1.96. The van der Waals surface area contributed by atoms with Crippen LogP contribution in [0.2, 0.25) is 0 Å². The monoisotopic (exact) mass is 413 g/mol. The SMILES string of the molecule is CC(C)c1ccc(Cc2cc([C@]3(O)O[C@H](CO)[C@@H](O)[C@H](O)[C@H]3O)ccc2C#N)cc1. The zero-order valence-electron chi connectivity index (χ0n) is 16.9. The summed E-state index contributed by atoms with van der Waals surface area (Å²) in [6, 6.07) is 14.6. The highest BCUT2D eigenvalue weighted by Crippen LogP contribution is 2.37. The van der Waals surface area contributed by atoms with E-state index in [-0.39, 0.29) is 5.56 Å². The van der Waals surface area contributed by atoms with Crippen molar-refractivity contribution in [2.75, 3.05) is 6.61 Å². The van der Waals surface area contributed by atoms with Crippen molar-refractivity contribution in [1.29, 1.82) is 5.26 Å². The molecule has 7 heteroatoms. The number of benzene rings is 2. The van der Waals surface area contributed by atoms with Crippen LogP contribution in [0.3, 0.4) is 0 Å². The molecule has 1 saturated heterocycles. The van der Waals surface area contributed by atoms with E-state index in [1.807, 2.05) is 24.3 Å². The Hall–Kier alpha value is -2.31. The van der Waals surface area contributed by atoms with Crippen molar-refractivity contribution in [2.45, 2.75) is 56.4 Å². The molecule has 0 spiro atoms. The van der Waals surface area contributed by atoms with Gasteiger partial charge in [-0.15, -0.1) is 0 Å². The third-order valence-electron chi connectivity index (χ3n) is 5.65. The molecule has 0 bridgehead atoms. The first-order valence-corrected chi connectivity index (χ1v) is 9.88. The Morgan fingerprint density at radius 2 is 1.73 bits per heavy atom. The molecule has 160 valence electrons. The second kappa shape index (κ2) is 8.82. The quantitative estimate of drug-likeness (QED) is 0.491. The van der Waals surface area contributed by atoms with Gasteiger partial charge in [0.05, 0.1) is 18.2 Å². The van der Waals surface area contributed by atoms with E-state index < -0.39 is 36.8 Å². The minimum atomic E-state index is -2.35. The molecule has 7 nitrogen and oxygen atoms in total. The smallest absolute Gasteiger partial charge is 0.222 e. The van der Waals surface area contributed by atoms with Crippen molar-refractivity contribution in [2.24, 2.45) is 0 Å². The summed E-state index contributed by atoms with van der Waals surface area (Å²) in [5.74, 6) is -1.95. The van der Waals surface area contributed by atoms with Gasteiger partial charge in [0.2, 0.25) is 5.79 Å². The first-order valence-electron chi connectivity index (χ1n) is 9.88.